The van der Waals surface area contributed by atoms with Crippen molar-refractivity contribution in [2.45, 2.75) is 50.2 Å². The molecular weight excluding hydrogens is 251 g/mol. The second kappa shape index (κ2) is 4.71. The summed E-state index contributed by atoms with van der Waals surface area (Å²) in [5.74, 6) is -0.220. The Bertz CT molecular complexity index is 437. The van der Waals surface area contributed by atoms with Crippen LogP contribution in [0.1, 0.15) is 32.1 Å². The lowest BCUT2D eigenvalue weighted by Gasteiger charge is -2.49. The Morgan fingerprint density at radius 3 is 2.56 bits per heavy atom. The van der Waals surface area contributed by atoms with E-state index in [0.717, 1.165) is 31.4 Å². The highest BCUT2D eigenvalue weighted by molar-refractivity contribution is 6.33. The van der Waals surface area contributed by atoms with Crippen LogP contribution in [0.5, 0.6) is 0 Å². The third-order valence-corrected chi connectivity index (χ3v) is 4.52. The standard InChI is InChI=1S/C14H18ClFN2/c15-13-5-4-9(16)6-14(13)18-11-2-1-3-12(18)8-10(17)7-11/h4-6,10-12H,1-3,7-8,17H2. The number of hydrogen-bond acceptors (Lipinski definition) is 2. The average Bonchev–Trinajstić information content (AvgIpc) is 2.31. The van der Waals surface area contributed by atoms with Crippen LogP contribution in [-0.2, 0) is 0 Å². The van der Waals surface area contributed by atoms with Crippen molar-refractivity contribution in [2.24, 2.45) is 5.73 Å². The van der Waals surface area contributed by atoms with E-state index in [0.29, 0.717) is 17.1 Å². The molecule has 1 aromatic rings. The molecule has 2 nitrogen and oxygen atoms in total. The Hall–Kier alpha value is -0.800. The fraction of sp³-hybridized carbons (Fsp3) is 0.571. The van der Waals surface area contributed by atoms with Crippen molar-refractivity contribution in [3.63, 3.8) is 0 Å². The Kier molecular flexibility index (Phi) is 3.20. The van der Waals surface area contributed by atoms with E-state index in [4.69, 9.17) is 17.3 Å². The lowest BCUT2D eigenvalue weighted by atomic mass is 9.81. The first-order valence-corrected chi connectivity index (χ1v) is 7.02. The largest absolute Gasteiger partial charge is 0.364 e. The van der Waals surface area contributed by atoms with E-state index in [1.165, 1.54) is 12.5 Å². The molecule has 2 saturated heterocycles. The van der Waals surface area contributed by atoms with E-state index in [2.05, 4.69) is 4.90 Å². The molecule has 0 radical (unpaired) electrons. The number of piperidine rings is 2. The first-order chi connectivity index (χ1) is 8.65. The van der Waals surface area contributed by atoms with Crippen molar-refractivity contribution >= 4 is 17.3 Å². The van der Waals surface area contributed by atoms with Crippen molar-refractivity contribution in [2.75, 3.05) is 4.90 Å². The van der Waals surface area contributed by atoms with Gasteiger partial charge in [-0.15, -0.1) is 0 Å². The maximum atomic E-state index is 13.4. The van der Waals surface area contributed by atoms with Gasteiger partial charge in [-0.05, 0) is 50.3 Å². The first-order valence-electron chi connectivity index (χ1n) is 6.64. The lowest BCUT2D eigenvalue weighted by Crippen LogP contribution is -2.55. The molecular formula is C14H18ClFN2. The Morgan fingerprint density at radius 2 is 1.89 bits per heavy atom. The normalized spacial score (nSPS) is 31.5. The van der Waals surface area contributed by atoms with Gasteiger partial charge in [0.15, 0.2) is 0 Å². The zero-order chi connectivity index (χ0) is 12.7. The van der Waals surface area contributed by atoms with Gasteiger partial charge in [0.2, 0.25) is 0 Å². The molecule has 2 bridgehead atoms. The average molecular weight is 269 g/mol. The summed E-state index contributed by atoms with van der Waals surface area (Å²) in [4.78, 5) is 2.32. The van der Waals surface area contributed by atoms with Crippen molar-refractivity contribution in [1.29, 1.82) is 0 Å². The maximum Gasteiger partial charge on any atom is 0.125 e. The van der Waals surface area contributed by atoms with Gasteiger partial charge in [-0.2, -0.15) is 0 Å². The van der Waals surface area contributed by atoms with E-state index < -0.39 is 0 Å². The van der Waals surface area contributed by atoms with Crippen LogP contribution >= 0.6 is 11.6 Å². The summed E-state index contributed by atoms with van der Waals surface area (Å²) in [6, 6.07) is 5.75. The van der Waals surface area contributed by atoms with Crippen molar-refractivity contribution in [3.8, 4) is 0 Å². The number of benzene rings is 1. The monoisotopic (exact) mass is 268 g/mol. The molecule has 0 saturated carbocycles. The molecule has 4 heteroatoms. The molecule has 2 fully saturated rings. The number of nitrogens with two attached hydrogens (primary N) is 1. The van der Waals surface area contributed by atoms with Crippen LogP contribution in [0.3, 0.4) is 0 Å². The summed E-state index contributed by atoms with van der Waals surface area (Å²) in [5.41, 5.74) is 6.95. The molecule has 2 aliphatic rings. The SMILES string of the molecule is NC1CC2CCCC(C1)N2c1cc(F)ccc1Cl. The number of halogens is 2. The van der Waals surface area contributed by atoms with Gasteiger partial charge >= 0.3 is 0 Å². The number of nitrogens with zero attached hydrogens (tertiary/aromatic N) is 1. The maximum absolute atomic E-state index is 13.4. The zero-order valence-corrected chi connectivity index (χ0v) is 11.0. The van der Waals surface area contributed by atoms with Gasteiger partial charge in [0.1, 0.15) is 5.82 Å². The van der Waals surface area contributed by atoms with Crippen LogP contribution in [0, 0.1) is 5.82 Å². The summed E-state index contributed by atoms with van der Waals surface area (Å²) in [6.07, 6.45) is 5.49. The van der Waals surface area contributed by atoms with Crippen LogP contribution in [0.2, 0.25) is 5.02 Å². The summed E-state index contributed by atoms with van der Waals surface area (Å²) in [5, 5.41) is 0.642. The third kappa shape index (κ3) is 2.10. The van der Waals surface area contributed by atoms with Crippen LogP contribution in [0.4, 0.5) is 10.1 Å². The fourth-order valence-corrected chi connectivity index (χ4v) is 3.72. The summed E-state index contributed by atoms with van der Waals surface area (Å²) in [6.45, 7) is 0. The molecule has 2 aliphatic heterocycles. The highest BCUT2D eigenvalue weighted by atomic mass is 35.5. The molecule has 0 spiro atoms. The fourth-order valence-electron chi connectivity index (χ4n) is 3.50. The minimum Gasteiger partial charge on any atom is -0.364 e. The minimum absolute atomic E-state index is 0.220. The minimum atomic E-state index is -0.220. The molecule has 18 heavy (non-hydrogen) atoms. The van der Waals surface area contributed by atoms with E-state index in [1.807, 2.05) is 0 Å². The first kappa shape index (κ1) is 12.2. The second-order valence-corrected chi connectivity index (χ2v) is 5.88. The zero-order valence-electron chi connectivity index (χ0n) is 10.3. The molecule has 98 valence electrons. The van der Waals surface area contributed by atoms with Crippen LogP contribution < -0.4 is 10.6 Å². The van der Waals surface area contributed by atoms with E-state index in [1.54, 1.807) is 12.1 Å². The third-order valence-electron chi connectivity index (χ3n) is 4.20. The summed E-state index contributed by atoms with van der Waals surface area (Å²) >= 11 is 6.24. The molecule has 2 heterocycles. The van der Waals surface area contributed by atoms with E-state index in [9.17, 15) is 4.39 Å². The highest BCUT2D eigenvalue weighted by Crippen LogP contribution is 2.40. The Labute approximate surface area is 112 Å². The number of fused-ring (bicyclic) bond motifs is 2. The Balaban J connectivity index is 1.97. The second-order valence-electron chi connectivity index (χ2n) is 5.47. The number of anilines is 1. The quantitative estimate of drug-likeness (QED) is 0.847. The van der Waals surface area contributed by atoms with Crippen molar-refractivity contribution in [1.82, 2.24) is 0 Å². The van der Waals surface area contributed by atoms with Gasteiger partial charge in [-0.3, -0.25) is 0 Å². The van der Waals surface area contributed by atoms with Gasteiger partial charge < -0.3 is 10.6 Å². The molecule has 2 unspecified atom stereocenters. The van der Waals surface area contributed by atoms with Crippen molar-refractivity contribution in [3.05, 3.63) is 29.0 Å². The molecule has 2 atom stereocenters. The van der Waals surface area contributed by atoms with Crippen molar-refractivity contribution < 1.29 is 4.39 Å². The van der Waals surface area contributed by atoms with Gasteiger partial charge in [-0.25, -0.2) is 4.39 Å². The van der Waals surface area contributed by atoms with Gasteiger partial charge in [0, 0.05) is 18.1 Å². The summed E-state index contributed by atoms with van der Waals surface area (Å²) < 4.78 is 13.4. The van der Waals surface area contributed by atoms with E-state index >= 15 is 0 Å². The van der Waals surface area contributed by atoms with E-state index in [-0.39, 0.29) is 11.9 Å². The van der Waals surface area contributed by atoms with Gasteiger partial charge in [-0.1, -0.05) is 11.6 Å². The van der Waals surface area contributed by atoms with Crippen LogP contribution in [-0.4, -0.2) is 18.1 Å². The molecule has 1 aromatic carbocycles. The lowest BCUT2D eigenvalue weighted by molar-refractivity contribution is 0.271. The topological polar surface area (TPSA) is 29.3 Å². The molecule has 3 rings (SSSR count). The smallest absolute Gasteiger partial charge is 0.125 e. The highest BCUT2D eigenvalue weighted by Gasteiger charge is 2.37. The van der Waals surface area contributed by atoms with Gasteiger partial charge in [0.05, 0.1) is 10.7 Å². The number of hydrogen-bond donors (Lipinski definition) is 1. The molecule has 2 N–H and O–H groups in total. The molecule has 0 aromatic heterocycles. The molecule has 0 amide bonds. The predicted octanol–water partition coefficient (Wildman–Crippen LogP) is 3.33. The van der Waals surface area contributed by atoms with Crippen LogP contribution in [0.15, 0.2) is 18.2 Å². The summed E-state index contributed by atoms with van der Waals surface area (Å²) in [7, 11) is 0. The number of rotatable bonds is 1. The van der Waals surface area contributed by atoms with Gasteiger partial charge in [0.25, 0.3) is 0 Å². The predicted molar refractivity (Wildman–Crippen MR) is 72.5 cm³/mol. The molecule has 0 aliphatic carbocycles. The Morgan fingerprint density at radius 1 is 1.22 bits per heavy atom. The van der Waals surface area contributed by atoms with Crippen LogP contribution in [0.25, 0.3) is 0 Å².